The lowest BCUT2D eigenvalue weighted by atomic mass is 9.78. The van der Waals surface area contributed by atoms with Crippen LogP contribution in [0.25, 0.3) is 0 Å². The molecule has 132 valence electrons. The molecular weight excluding hydrogens is 315 g/mol. The van der Waals surface area contributed by atoms with E-state index in [-0.39, 0.29) is 17.4 Å². The first-order valence-electron chi connectivity index (χ1n) is 7.57. The molecule has 0 amide bonds. The topological polar surface area (TPSA) is 65.0 Å². The molecule has 0 aliphatic rings. The quantitative estimate of drug-likeness (QED) is 0.769. The predicted molar refractivity (Wildman–Crippen MR) is 91.9 cm³/mol. The molecule has 0 bridgehead atoms. The first-order valence-corrected chi connectivity index (χ1v) is 9.03. The monoisotopic (exact) mass is 344 g/mol. The largest absolute Gasteiger partial charge is 0.507 e. The summed E-state index contributed by atoms with van der Waals surface area (Å²) < 4.78 is 26.9. The van der Waals surface area contributed by atoms with Crippen molar-refractivity contribution in [3.05, 3.63) is 28.8 Å². The third-order valence-corrected chi connectivity index (χ3v) is 4.96. The first kappa shape index (κ1) is 20.2. The molecule has 5 nitrogen and oxygen atoms in total. The van der Waals surface area contributed by atoms with E-state index in [0.717, 1.165) is 16.7 Å². The maximum Gasteiger partial charge on any atom is 0.474 e. The van der Waals surface area contributed by atoms with E-state index in [4.69, 9.17) is 13.6 Å². The van der Waals surface area contributed by atoms with Gasteiger partial charge in [0.05, 0.1) is 6.61 Å². The van der Waals surface area contributed by atoms with Crippen LogP contribution in [0.3, 0.4) is 0 Å². The summed E-state index contributed by atoms with van der Waals surface area (Å²) in [5, 5.41) is 10.7. The molecule has 23 heavy (non-hydrogen) atoms. The molecule has 6 heteroatoms. The van der Waals surface area contributed by atoms with Gasteiger partial charge in [-0.2, -0.15) is 0 Å². The maximum absolute atomic E-state index is 12.0. The third kappa shape index (κ3) is 5.05. The maximum atomic E-state index is 12.0. The number of benzene rings is 1. The Morgan fingerprint density at radius 1 is 0.957 bits per heavy atom. The van der Waals surface area contributed by atoms with Crippen LogP contribution in [0.1, 0.15) is 58.2 Å². The summed E-state index contributed by atoms with van der Waals surface area (Å²) in [7, 11) is -0.973. The molecule has 0 fully saturated rings. The molecule has 0 atom stereocenters. The lowest BCUT2D eigenvalue weighted by Crippen LogP contribution is -2.18. The van der Waals surface area contributed by atoms with Gasteiger partial charge in [-0.05, 0) is 39.7 Å². The molecular formula is C17H29O5P. The Bertz CT molecular complexity index is 553. The van der Waals surface area contributed by atoms with E-state index >= 15 is 0 Å². The minimum absolute atomic E-state index is 0.0748. The molecule has 1 aromatic carbocycles. The van der Waals surface area contributed by atoms with Gasteiger partial charge in [-0.3, -0.25) is 13.6 Å². The number of hydrogen-bond donors (Lipinski definition) is 1. The van der Waals surface area contributed by atoms with Crippen LogP contribution in [0.2, 0.25) is 0 Å². The minimum Gasteiger partial charge on any atom is -0.507 e. The van der Waals surface area contributed by atoms with Crippen LogP contribution in [0.15, 0.2) is 12.1 Å². The van der Waals surface area contributed by atoms with Crippen molar-refractivity contribution in [3.8, 4) is 5.75 Å². The van der Waals surface area contributed by atoms with Crippen molar-refractivity contribution >= 4 is 7.82 Å². The van der Waals surface area contributed by atoms with Gasteiger partial charge in [-0.25, -0.2) is 4.57 Å². The van der Waals surface area contributed by atoms with Crippen LogP contribution in [0, 0.1) is 0 Å². The molecule has 0 radical (unpaired) electrons. The lowest BCUT2D eigenvalue weighted by molar-refractivity contribution is 0.145. The van der Waals surface area contributed by atoms with Gasteiger partial charge in [0, 0.05) is 14.2 Å². The highest BCUT2D eigenvalue weighted by atomic mass is 31.2. The summed E-state index contributed by atoms with van der Waals surface area (Å²) in [6.07, 6.45) is 0. The van der Waals surface area contributed by atoms with Crippen LogP contribution in [-0.4, -0.2) is 19.3 Å². The van der Waals surface area contributed by atoms with Crippen molar-refractivity contribution in [1.29, 1.82) is 0 Å². The normalized spacial score (nSPS) is 13.4. The summed E-state index contributed by atoms with van der Waals surface area (Å²) in [6, 6.07) is 3.75. The Kier molecular flexibility index (Phi) is 6.09. The van der Waals surface area contributed by atoms with Crippen molar-refractivity contribution in [2.75, 3.05) is 14.2 Å². The summed E-state index contributed by atoms with van der Waals surface area (Å²) in [5.74, 6) is 0.301. The highest BCUT2D eigenvalue weighted by Crippen LogP contribution is 2.49. The third-order valence-electron chi connectivity index (χ3n) is 3.62. The van der Waals surface area contributed by atoms with Gasteiger partial charge in [0.1, 0.15) is 5.75 Å². The lowest BCUT2D eigenvalue weighted by Gasteiger charge is -2.28. The molecule has 0 aliphatic heterocycles. The highest BCUT2D eigenvalue weighted by Gasteiger charge is 2.28. The van der Waals surface area contributed by atoms with Crippen LogP contribution >= 0.6 is 7.82 Å². The molecule has 0 saturated carbocycles. The molecule has 0 heterocycles. The summed E-state index contributed by atoms with van der Waals surface area (Å²) in [6.45, 7) is 12.3. The second-order valence-electron chi connectivity index (χ2n) is 7.63. The van der Waals surface area contributed by atoms with Gasteiger partial charge in [0.2, 0.25) is 0 Å². The van der Waals surface area contributed by atoms with Crippen molar-refractivity contribution < 1.29 is 23.2 Å². The van der Waals surface area contributed by atoms with E-state index in [1.165, 1.54) is 14.2 Å². The number of hydrogen-bond acceptors (Lipinski definition) is 5. The molecule has 0 aromatic heterocycles. The first-order chi connectivity index (χ1) is 10.3. The van der Waals surface area contributed by atoms with Crippen molar-refractivity contribution in [3.63, 3.8) is 0 Å². The van der Waals surface area contributed by atoms with Crippen molar-refractivity contribution in [2.24, 2.45) is 0 Å². The average Bonchev–Trinajstić information content (AvgIpc) is 2.43. The number of aromatic hydroxyl groups is 1. The van der Waals surface area contributed by atoms with Crippen LogP contribution in [-0.2, 0) is 35.6 Å². The number of phosphoric ester groups is 1. The van der Waals surface area contributed by atoms with Crippen LogP contribution in [0.5, 0.6) is 5.75 Å². The molecule has 0 spiro atoms. The van der Waals surface area contributed by atoms with Crippen LogP contribution in [0.4, 0.5) is 0 Å². The Labute approximate surface area is 139 Å². The van der Waals surface area contributed by atoms with Crippen molar-refractivity contribution in [2.45, 2.75) is 59.0 Å². The van der Waals surface area contributed by atoms with Crippen molar-refractivity contribution in [1.82, 2.24) is 0 Å². The molecule has 0 aliphatic carbocycles. The zero-order chi connectivity index (χ0) is 18.1. The van der Waals surface area contributed by atoms with Crippen LogP contribution < -0.4 is 0 Å². The Hall–Kier alpha value is -0.870. The molecule has 0 unspecified atom stereocenters. The number of rotatable bonds is 5. The number of phosphoric acid groups is 1. The zero-order valence-corrected chi connectivity index (χ0v) is 16.3. The van der Waals surface area contributed by atoms with Gasteiger partial charge in [0.15, 0.2) is 0 Å². The second-order valence-corrected chi connectivity index (χ2v) is 9.51. The zero-order valence-electron chi connectivity index (χ0n) is 15.4. The molecule has 1 aromatic rings. The second kappa shape index (κ2) is 6.94. The fraction of sp³-hybridized carbons (Fsp3) is 0.647. The Balaban J connectivity index is 3.32. The molecule has 1 N–H and O–H groups in total. The number of phenols is 1. The fourth-order valence-corrected chi connectivity index (χ4v) is 2.92. The highest BCUT2D eigenvalue weighted by molar-refractivity contribution is 7.48. The summed E-state index contributed by atoms with van der Waals surface area (Å²) in [4.78, 5) is 0. The van der Waals surface area contributed by atoms with Gasteiger partial charge >= 0.3 is 7.82 Å². The Morgan fingerprint density at radius 3 is 1.65 bits per heavy atom. The molecule has 1 rings (SSSR count). The van der Waals surface area contributed by atoms with Gasteiger partial charge in [-0.15, -0.1) is 0 Å². The van der Waals surface area contributed by atoms with E-state index in [2.05, 4.69) is 0 Å². The smallest absolute Gasteiger partial charge is 0.474 e. The Morgan fingerprint density at radius 2 is 1.35 bits per heavy atom. The number of phenolic OH excluding ortho intramolecular Hbond substituents is 1. The van der Waals surface area contributed by atoms with Gasteiger partial charge < -0.3 is 5.11 Å². The summed E-state index contributed by atoms with van der Waals surface area (Å²) >= 11 is 0. The van der Waals surface area contributed by atoms with E-state index in [1.54, 1.807) is 0 Å². The van der Waals surface area contributed by atoms with Gasteiger partial charge in [0.25, 0.3) is 0 Å². The predicted octanol–water partition coefficient (Wildman–Crippen LogP) is 4.90. The average molecular weight is 344 g/mol. The minimum atomic E-state index is -3.53. The fourth-order valence-electron chi connectivity index (χ4n) is 2.25. The molecule has 0 saturated heterocycles. The van der Waals surface area contributed by atoms with E-state index < -0.39 is 7.82 Å². The van der Waals surface area contributed by atoms with Gasteiger partial charge in [-0.1, -0.05) is 41.5 Å². The van der Waals surface area contributed by atoms with E-state index in [9.17, 15) is 9.67 Å². The standard InChI is InChI=1S/C17H29O5P/c1-16(2,3)13-9-12(11-22-23(19,20-7)21-8)10-14(15(13)18)17(4,5)6/h9-10,18H,11H2,1-8H3. The van der Waals surface area contributed by atoms with E-state index in [0.29, 0.717) is 5.75 Å². The van der Waals surface area contributed by atoms with E-state index in [1.807, 2.05) is 53.7 Å². The SMILES string of the molecule is COP(=O)(OC)OCc1cc(C(C)(C)C)c(O)c(C(C)(C)C)c1. The summed E-state index contributed by atoms with van der Waals surface area (Å²) in [5.41, 5.74) is 2.01.